The van der Waals surface area contributed by atoms with Crippen molar-refractivity contribution in [3.05, 3.63) is 29.3 Å². The molecular weight excluding hydrogens is 272 g/mol. The Balaban J connectivity index is 2.21. The van der Waals surface area contributed by atoms with Crippen molar-refractivity contribution in [2.75, 3.05) is 20.0 Å². The van der Waals surface area contributed by atoms with E-state index in [1.165, 1.54) is 17.6 Å². The molecule has 3 nitrogen and oxygen atoms in total. The molecule has 0 spiro atoms. The highest BCUT2D eigenvalue weighted by molar-refractivity contribution is 7.98. The molecule has 110 valence electrons. The van der Waals surface area contributed by atoms with E-state index in [0.29, 0.717) is 6.42 Å². The molecule has 1 heterocycles. The zero-order valence-corrected chi connectivity index (χ0v) is 13.2. The van der Waals surface area contributed by atoms with Gasteiger partial charge in [-0.2, -0.15) is 0 Å². The Morgan fingerprint density at radius 1 is 1.55 bits per heavy atom. The van der Waals surface area contributed by atoms with Gasteiger partial charge in [0.15, 0.2) is 0 Å². The molecule has 2 rings (SSSR count). The third-order valence-corrected chi connectivity index (χ3v) is 4.73. The predicted octanol–water partition coefficient (Wildman–Crippen LogP) is 3.54. The molecule has 20 heavy (non-hydrogen) atoms. The molecular formula is C16H22O3S. The summed E-state index contributed by atoms with van der Waals surface area (Å²) in [5.41, 5.74) is 2.24. The molecule has 4 heteroatoms. The number of hydrogen-bond acceptors (Lipinski definition) is 4. The van der Waals surface area contributed by atoms with E-state index < -0.39 is 0 Å². The molecule has 1 aliphatic heterocycles. The molecule has 1 aliphatic rings. The van der Waals surface area contributed by atoms with Crippen LogP contribution in [0.2, 0.25) is 0 Å². The normalized spacial score (nSPS) is 19.9. The quantitative estimate of drug-likeness (QED) is 0.614. The summed E-state index contributed by atoms with van der Waals surface area (Å²) in [5.74, 6) is -0.394. The van der Waals surface area contributed by atoms with E-state index in [1.807, 2.05) is 6.07 Å². The zero-order valence-electron chi connectivity index (χ0n) is 12.3. The van der Waals surface area contributed by atoms with Gasteiger partial charge in [0.05, 0.1) is 19.1 Å². The largest absolute Gasteiger partial charge is 0.469 e. The third kappa shape index (κ3) is 3.55. The van der Waals surface area contributed by atoms with Crippen LogP contribution in [0.25, 0.3) is 0 Å². The van der Waals surface area contributed by atoms with E-state index in [-0.39, 0.29) is 18.0 Å². The number of esters is 1. The van der Waals surface area contributed by atoms with Crippen LogP contribution < -0.4 is 0 Å². The number of rotatable bonds is 5. The van der Waals surface area contributed by atoms with Crippen molar-refractivity contribution in [3.63, 3.8) is 0 Å². The average molecular weight is 294 g/mol. The van der Waals surface area contributed by atoms with Crippen molar-refractivity contribution < 1.29 is 14.3 Å². The number of methoxy groups -OCH3 is 1. The maximum absolute atomic E-state index is 12.1. The van der Waals surface area contributed by atoms with Gasteiger partial charge in [-0.1, -0.05) is 12.1 Å². The lowest BCUT2D eigenvalue weighted by molar-refractivity contribution is -0.143. The third-order valence-electron chi connectivity index (χ3n) is 3.83. The van der Waals surface area contributed by atoms with E-state index >= 15 is 0 Å². The lowest BCUT2D eigenvalue weighted by Crippen LogP contribution is -2.20. The number of thioether (sulfide) groups is 1. The number of ether oxygens (including phenoxy) is 2. The fraction of sp³-hybridized carbons (Fsp3) is 0.562. The van der Waals surface area contributed by atoms with Crippen molar-refractivity contribution in [2.24, 2.45) is 0 Å². The Labute approximate surface area is 125 Å². The minimum atomic E-state index is -0.224. The van der Waals surface area contributed by atoms with Gasteiger partial charge in [-0.3, -0.25) is 4.79 Å². The van der Waals surface area contributed by atoms with E-state index in [0.717, 1.165) is 25.0 Å². The Morgan fingerprint density at radius 3 is 2.90 bits per heavy atom. The maximum atomic E-state index is 12.1. The summed E-state index contributed by atoms with van der Waals surface area (Å²) in [6.45, 7) is 2.89. The topological polar surface area (TPSA) is 35.5 Å². The minimum absolute atomic E-state index is 0.170. The molecule has 0 radical (unpaired) electrons. The van der Waals surface area contributed by atoms with Crippen LogP contribution in [0, 0.1) is 6.92 Å². The summed E-state index contributed by atoms with van der Waals surface area (Å²) in [6.07, 6.45) is 5.08. The summed E-state index contributed by atoms with van der Waals surface area (Å²) in [4.78, 5) is 13.3. The second-order valence-electron chi connectivity index (χ2n) is 5.18. The van der Waals surface area contributed by atoms with Gasteiger partial charge >= 0.3 is 5.97 Å². The van der Waals surface area contributed by atoms with Crippen LogP contribution >= 0.6 is 11.8 Å². The van der Waals surface area contributed by atoms with Gasteiger partial charge in [-0.25, -0.2) is 0 Å². The monoisotopic (exact) mass is 294 g/mol. The van der Waals surface area contributed by atoms with Gasteiger partial charge in [0.25, 0.3) is 0 Å². The summed E-state index contributed by atoms with van der Waals surface area (Å²) in [6, 6.07) is 6.22. The molecule has 1 unspecified atom stereocenters. The van der Waals surface area contributed by atoms with Crippen molar-refractivity contribution in [1.29, 1.82) is 0 Å². The SMILES string of the molecule is COC(=O)[C@H](CC1CCCO1)c1ccc(SC)c(C)c1. The second kappa shape index (κ2) is 7.14. The van der Waals surface area contributed by atoms with E-state index in [1.54, 1.807) is 11.8 Å². The Hall–Kier alpha value is -1.00. The molecule has 0 aromatic heterocycles. The van der Waals surface area contributed by atoms with Crippen LogP contribution in [0.4, 0.5) is 0 Å². The predicted molar refractivity (Wildman–Crippen MR) is 81.3 cm³/mol. The number of hydrogen-bond donors (Lipinski definition) is 0. The molecule has 1 fully saturated rings. The molecule has 0 aliphatic carbocycles. The first-order valence-corrected chi connectivity index (χ1v) is 8.22. The first-order valence-electron chi connectivity index (χ1n) is 6.99. The summed E-state index contributed by atoms with van der Waals surface area (Å²) < 4.78 is 10.6. The Bertz CT molecular complexity index is 467. The molecule has 0 N–H and O–H groups in total. The van der Waals surface area contributed by atoms with Crippen LogP contribution in [0.3, 0.4) is 0 Å². The minimum Gasteiger partial charge on any atom is -0.469 e. The Morgan fingerprint density at radius 2 is 2.35 bits per heavy atom. The van der Waals surface area contributed by atoms with Crippen LogP contribution in [-0.2, 0) is 14.3 Å². The first-order chi connectivity index (χ1) is 9.65. The number of aryl methyl sites for hydroxylation is 1. The fourth-order valence-corrected chi connectivity index (χ4v) is 3.31. The smallest absolute Gasteiger partial charge is 0.313 e. The standard InChI is InChI=1S/C16H22O3S/c1-11-9-12(6-7-15(11)20-3)14(16(17)18-2)10-13-5-4-8-19-13/h6-7,9,13-14H,4-5,8,10H2,1-3H3/t13?,14-/m1/s1. The van der Waals surface area contributed by atoms with Gasteiger partial charge in [-0.15, -0.1) is 11.8 Å². The average Bonchev–Trinajstić information content (AvgIpc) is 2.97. The highest BCUT2D eigenvalue weighted by atomic mass is 32.2. The van der Waals surface area contributed by atoms with Crippen LogP contribution in [0.1, 0.15) is 36.3 Å². The van der Waals surface area contributed by atoms with Crippen LogP contribution in [-0.4, -0.2) is 32.0 Å². The zero-order chi connectivity index (χ0) is 14.5. The summed E-state index contributed by atoms with van der Waals surface area (Å²) in [5, 5.41) is 0. The van der Waals surface area contributed by atoms with Crippen LogP contribution in [0.15, 0.2) is 23.1 Å². The highest BCUT2D eigenvalue weighted by Gasteiger charge is 2.28. The molecule has 1 aromatic carbocycles. The van der Waals surface area contributed by atoms with Crippen molar-refractivity contribution in [1.82, 2.24) is 0 Å². The molecule has 1 aromatic rings. The van der Waals surface area contributed by atoms with Gasteiger partial charge in [0.2, 0.25) is 0 Å². The van der Waals surface area contributed by atoms with Gasteiger partial charge in [0.1, 0.15) is 0 Å². The lowest BCUT2D eigenvalue weighted by atomic mass is 9.91. The van der Waals surface area contributed by atoms with Crippen molar-refractivity contribution in [2.45, 2.75) is 43.1 Å². The summed E-state index contributed by atoms with van der Waals surface area (Å²) >= 11 is 1.72. The van der Waals surface area contributed by atoms with Crippen molar-refractivity contribution in [3.8, 4) is 0 Å². The van der Waals surface area contributed by atoms with Gasteiger partial charge in [-0.05, 0) is 49.6 Å². The van der Waals surface area contributed by atoms with E-state index in [2.05, 4.69) is 25.3 Å². The van der Waals surface area contributed by atoms with Crippen LogP contribution in [0.5, 0.6) is 0 Å². The van der Waals surface area contributed by atoms with E-state index in [9.17, 15) is 4.79 Å². The molecule has 0 saturated carbocycles. The number of carbonyl (C=O) groups excluding carboxylic acids is 1. The van der Waals surface area contributed by atoms with Crippen molar-refractivity contribution >= 4 is 17.7 Å². The number of benzene rings is 1. The second-order valence-corrected chi connectivity index (χ2v) is 6.02. The first kappa shape index (κ1) is 15.4. The van der Waals surface area contributed by atoms with Gasteiger partial charge in [0, 0.05) is 11.5 Å². The lowest BCUT2D eigenvalue weighted by Gasteiger charge is -2.19. The molecule has 0 bridgehead atoms. The number of carbonyl (C=O) groups is 1. The maximum Gasteiger partial charge on any atom is 0.313 e. The highest BCUT2D eigenvalue weighted by Crippen LogP contribution is 2.31. The summed E-state index contributed by atoms with van der Waals surface area (Å²) in [7, 11) is 1.45. The van der Waals surface area contributed by atoms with E-state index in [4.69, 9.17) is 9.47 Å². The fourth-order valence-electron chi connectivity index (χ4n) is 2.72. The molecule has 1 saturated heterocycles. The molecule has 2 atom stereocenters. The molecule has 0 amide bonds. The van der Waals surface area contributed by atoms with Gasteiger partial charge < -0.3 is 9.47 Å². The Kier molecular flexibility index (Phi) is 5.49.